The molecule has 60 heteroatoms. The fraction of sp³-hybridized carbons (Fsp3) is 0.628. The minimum absolute atomic E-state index is 0.0486. The van der Waals surface area contributed by atoms with Gasteiger partial charge in [-0.1, -0.05) is 60.1 Å². The Hall–Kier alpha value is -15.0. The number of carbonyl (C=O) groups excluding carboxylic acids is 24. The van der Waals surface area contributed by atoms with Crippen LogP contribution < -0.4 is 136 Å². The number of carboxylic acid groups (broad SMARTS) is 2. The van der Waals surface area contributed by atoms with Gasteiger partial charge in [0.2, 0.25) is 142 Å². The van der Waals surface area contributed by atoms with Gasteiger partial charge >= 0.3 is 11.9 Å². The number of unbranched alkanes of at least 4 members (excludes halogenated alkanes) is 1. The van der Waals surface area contributed by atoms with Crippen molar-refractivity contribution in [1.29, 1.82) is 0 Å². The highest BCUT2D eigenvalue weighted by Gasteiger charge is 2.44. The van der Waals surface area contributed by atoms with E-state index in [0.717, 1.165) is 18.7 Å². The molecule has 0 bridgehead atoms. The molecule has 0 aromatic heterocycles. The summed E-state index contributed by atoms with van der Waals surface area (Å²) in [6.45, 7) is 4.06. The predicted molar refractivity (Wildman–Crippen MR) is 502 cm³/mol. The number of aromatic hydroxyl groups is 1. The third kappa shape index (κ3) is 44.9. The van der Waals surface area contributed by atoms with Crippen LogP contribution in [0, 0.1) is 17.8 Å². The van der Waals surface area contributed by atoms with Gasteiger partial charge in [0, 0.05) is 32.2 Å². The number of nitrogens with one attached hydrogen (secondary N) is 18. The van der Waals surface area contributed by atoms with Gasteiger partial charge in [0.25, 0.3) is 0 Å². The lowest BCUT2D eigenvalue weighted by molar-refractivity contribution is -0.143. The second-order valence-corrected chi connectivity index (χ2v) is 35.0. The number of likely N-dealkylation sites (tertiary alicyclic amines) is 1. The molecule has 1 aliphatic rings. The van der Waals surface area contributed by atoms with E-state index in [9.17, 15) is 151 Å². The number of phenolic OH excluding ortho intramolecular Hbond substituents is 1. The Labute approximate surface area is 835 Å². The van der Waals surface area contributed by atoms with Crippen molar-refractivity contribution in [2.75, 3.05) is 52.6 Å². The second kappa shape index (κ2) is 63.9. The summed E-state index contributed by atoms with van der Waals surface area (Å²) in [4.78, 5) is 348. The molecule has 816 valence electrons. The van der Waals surface area contributed by atoms with E-state index in [4.69, 9.17) is 50.3 Å². The number of carbonyl (C=O) groups is 26. The molecule has 0 saturated carbocycles. The molecular formula is C86H138N26O34. The second-order valence-electron chi connectivity index (χ2n) is 35.0. The van der Waals surface area contributed by atoms with Crippen LogP contribution in [0.1, 0.15) is 157 Å². The Bertz CT molecular complexity index is 4780. The number of rotatable bonds is 68. The molecule has 1 heterocycles. The van der Waals surface area contributed by atoms with Crippen LogP contribution in [0.5, 0.6) is 5.75 Å². The molecule has 40 N–H and O–H groups in total. The summed E-state index contributed by atoms with van der Waals surface area (Å²) < 4.78 is 0. The lowest BCUT2D eigenvalue weighted by Crippen LogP contribution is -2.62. The molecule has 60 nitrogen and oxygen atoms in total. The standard InChI is InChI=1S/C86H138N26O34/c1-9-39(6)67(85(145)109-66(38(4)5)83(143)101-48(21-24-59(91)121)73(133)102-49(29-60(92)122)75(135)96-40(7)69(129)98-46(19-22-57(89)119)71(131)95-32-64(127)128)110-81(141)56-14-12-26-112(56)86(146)51(27-42-15-17-43(118)18-16-42)104-76(136)50(30-61(93)123)103-72(132)47(20-23-58(90)120)100-79(139)55(36-116)107-84(144)65(37(2)3)108-74(134)45(13-10-11-25-87)99-78(138)53(34-114)106-80(140)54(35-115)105-77(137)52(33-113)97-62(124)31-94-82(142)68(41(8)117)111-70(130)44(88)28-63(125)126/h15-18,37-41,44-56,65-68,113-118H,9-14,19-36,87-88H2,1-8H3,(H2,89,119)(H2,90,120)(H2,91,121)(H2,92,122)(H2,93,123)(H,94,142)(H,95,131)(H,96,135)(H,97,124)(H,98,129)(H,99,138)(H,100,139)(H,101,143)(H,102,133)(H,103,132)(H,104,136)(H,105,137)(H,106,140)(H,107,144)(H,108,134)(H,109,145)(H,110,141)(H,111,130)(H,125,126)(H,127,128)/t39-,40-,41+,44-,45-,46-,47-,48-,49-,50-,51-,52-,53-,54-,55-,56-,65-,66-,67-,68-/m0/s1. The first-order chi connectivity index (χ1) is 68.4. The van der Waals surface area contributed by atoms with E-state index in [1.165, 1.54) is 52.0 Å². The molecule has 0 radical (unpaired) electrons. The van der Waals surface area contributed by atoms with E-state index >= 15 is 4.79 Å². The Morgan fingerprint density at radius 3 is 1.16 bits per heavy atom. The van der Waals surface area contributed by atoms with Gasteiger partial charge in [-0.15, -0.1) is 0 Å². The monoisotopic (exact) mass is 2080 g/mol. The number of hydrogen-bond acceptors (Lipinski definition) is 34. The first-order valence-electron chi connectivity index (χ1n) is 46.3. The zero-order valence-electron chi connectivity index (χ0n) is 81.7. The van der Waals surface area contributed by atoms with E-state index in [2.05, 4.69) is 69.1 Å². The Balaban J connectivity index is 2.47. The smallest absolute Gasteiger partial charge is 0.322 e. The fourth-order valence-electron chi connectivity index (χ4n) is 14.0. The van der Waals surface area contributed by atoms with Crippen molar-refractivity contribution in [1.82, 2.24) is 101 Å². The molecule has 1 saturated heterocycles. The predicted octanol–water partition coefficient (Wildman–Crippen LogP) is -16.8. The normalized spacial score (nSPS) is 16.0. The van der Waals surface area contributed by atoms with Crippen molar-refractivity contribution in [3.63, 3.8) is 0 Å². The summed E-state index contributed by atoms with van der Waals surface area (Å²) in [6.07, 6.45) is -8.28. The number of aliphatic hydroxyl groups is 5. The Morgan fingerprint density at radius 2 is 0.740 bits per heavy atom. The van der Waals surface area contributed by atoms with Crippen molar-refractivity contribution < 1.29 is 166 Å². The molecule has 2 rings (SSSR count). The summed E-state index contributed by atoms with van der Waals surface area (Å²) in [5.74, 6) is -34.0. The third-order valence-electron chi connectivity index (χ3n) is 22.4. The number of aliphatic carboxylic acids is 2. The molecular weight excluding hydrogens is 1940 g/mol. The van der Waals surface area contributed by atoms with E-state index in [0.29, 0.717) is 0 Å². The molecule has 1 aromatic carbocycles. The minimum Gasteiger partial charge on any atom is -0.508 e. The molecule has 0 unspecified atom stereocenters. The number of hydrogen-bond donors (Lipinski definition) is 33. The fourth-order valence-corrected chi connectivity index (χ4v) is 14.0. The average molecular weight is 2080 g/mol. The first kappa shape index (κ1) is 127. The summed E-state index contributed by atoms with van der Waals surface area (Å²) in [6, 6.07) is -27.0. The van der Waals surface area contributed by atoms with Crippen molar-refractivity contribution >= 4 is 154 Å². The number of carboxylic acids is 2. The Kier molecular flexibility index (Phi) is 55.6. The molecule has 20 atom stereocenters. The van der Waals surface area contributed by atoms with Crippen LogP contribution in [-0.2, 0) is 131 Å². The van der Waals surface area contributed by atoms with Crippen molar-refractivity contribution in [3.8, 4) is 5.75 Å². The summed E-state index contributed by atoms with van der Waals surface area (Å²) >= 11 is 0. The van der Waals surface area contributed by atoms with Crippen molar-refractivity contribution in [2.24, 2.45) is 57.9 Å². The largest absolute Gasteiger partial charge is 0.508 e. The molecule has 0 aliphatic carbocycles. The van der Waals surface area contributed by atoms with Gasteiger partial charge in [-0.25, -0.2) is 0 Å². The van der Waals surface area contributed by atoms with E-state index < -0.39 is 390 Å². The van der Waals surface area contributed by atoms with Gasteiger partial charge in [-0.2, -0.15) is 0 Å². The molecule has 24 amide bonds. The summed E-state index contributed by atoms with van der Waals surface area (Å²) in [7, 11) is 0. The van der Waals surface area contributed by atoms with Gasteiger partial charge in [0.15, 0.2) is 0 Å². The van der Waals surface area contributed by atoms with Gasteiger partial charge in [0.1, 0.15) is 115 Å². The lowest BCUT2D eigenvalue weighted by Gasteiger charge is -2.32. The van der Waals surface area contributed by atoms with Crippen molar-refractivity contribution in [3.05, 3.63) is 29.8 Å². The van der Waals surface area contributed by atoms with Crippen LogP contribution in [0.25, 0.3) is 0 Å². The number of aliphatic hydroxyl groups excluding tert-OH is 5. The average Bonchev–Trinajstić information content (AvgIpc) is 1.63. The van der Waals surface area contributed by atoms with Gasteiger partial charge < -0.3 is 182 Å². The maximum Gasteiger partial charge on any atom is 0.322 e. The van der Waals surface area contributed by atoms with Crippen LogP contribution in [-0.4, -0.2) is 367 Å². The maximum atomic E-state index is 15.2. The Morgan fingerprint density at radius 1 is 0.377 bits per heavy atom. The number of amides is 24. The van der Waals surface area contributed by atoms with Gasteiger partial charge in [0.05, 0.1) is 64.4 Å². The summed E-state index contributed by atoms with van der Waals surface area (Å²) in [5, 5.41) is 120. The van der Waals surface area contributed by atoms with E-state index in [1.807, 2.05) is 26.6 Å². The highest BCUT2D eigenvalue weighted by atomic mass is 16.4. The molecule has 146 heavy (non-hydrogen) atoms. The number of benzene rings is 1. The molecule has 1 fully saturated rings. The van der Waals surface area contributed by atoms with Crippen LogP contribution in [0.4, 0.5) is 0 Å². The topological polar surface area (TPSA) is 1010 Å². The lowest BCUT2D eigenvalue weighted by atomic mass is 9.95. The van der Waals surface area contributed by atoms with Crippen LogP contribution in [0.3, 0.4) is 0 Å². The van der Waals surface area contributed by atoms with Crippen LogP contribution in [0.15, 0.2) is 24.3 Å². The molecule has 1 aromatic rings. The molecule has 1 aliphatic heterocycles. The quantitative estimate of drug-likeness (QED) is 0.0269. The zero-order valence-corrected chi connectivity index (χ0v) is 81.7. The van der Waals surface area contributed by atoms with E-state index in [1.54, 1.807) is 13.8 Å². The summed E-state index contributed by atoms with van der Waals surface area (Å²) in [5.41, 5.74) is 38.6. The van der Waals surface area contributed by atoms with Gasteiger partial charge in [-0.05, 0) is 107 Å². The third-order valence-corrected chi connectivity index (χ3v) is 22.4. The van der Waals surface area contributed by atoms with Gasteiger partial charge in [-0.3, -0.25) is 125 Å². The SMILES string of the molecule is CC[C@H](C)[C@H](NC(=O)[C@@H]1CCCN1C(=O)[C@H](Cc1ccc(O)cc1)NC(=O)[C@H](CC(N)=O)NC(=O)[C@H](CCC(N)=O)NC(=O)[C@H](CO)NC(=O)[C@@H](NC(=O)[C@H](CCCCN)NC(=O)[C@H](CO)NC(=O)[C@H](CO)NC(=O)[C@H](CO)NC(=O)CNC(=O)[C@@H](NC(=O)[C@@H](N)CC(=O)O)[C@@H](C)O)C(C)C)C(=O)N[C@H](C(=O)N[C@@H](CCC(N)=O)C(=O)N[C@@H](CC(N)=O)C(=O)N[C@@H](C)C(=O)N[C@@H](CCC(N)=O)C(=O)NCC(=O)O)C(C)C. The molecule has 0 spiro atoms. The van der Waals surface area contributed by atoms with Crippen LogP contribution in [0.2, 0.25) is 0 Å². The number of phenols is 1. The van der Waals surface area contributed by atoms with Crippen LogP contribution >= 0.6 is 0 Å². The van der Waals surface area contributed by atoms with Crippen molar-refractivity contribution in [2.45, 2.75) is 273 Å². The highest BCUT2D eigenvalue weighted by molar-refractivity contribution is 6.04. The van der Waals surface area contributed by atoms with E-state index in [-0.39, 0.29) is 62.9 Å². The number of nitrogens with zero attached hydrogens (tertiary/aromatic N) is 1. The highest BCUT2D eigenvalue weighted by Crippen LogP contribution is 2.23. The number of nitrogens with two attached hydrogens (primary N) is 7. The maximum absolute atomic E-state index is 15.2. The minimum atomic E-state index is -2.09. The first-order valence-corrected chi connectivity index (χ1v) is 46.3. The number of primary amides is 5. The zero-order chi connectivity index (χ0) is 111.